The average molecular weight is 340 g/mol. The molecule has 3 heterocycles. The van der Waals surface area contributed by atoms with Crippen LogP contribution in [0.1, 0.15) is 23.2 Å². The van der Waals surface area contributed by atoms with Gasteiger partial charge in [-0.05, 0) is 12.1 Å². The molecule has 0 saturated carbocycles. The third-order valence-corrected chi connectivity index (χ3v) is 4.74. The van der Waals surface area contributed by atoms with Crippen LogP contribution in [-0.2, 0) is 11.8 Å². The lowest BCUT2D eigenvalue weighted by Crippen LogP contribution is -2.45. The zero-order valence-corrected chi connectivity index (χ0v) is 14.1. The molecule has 2 aliphatic rings. The summed E-state index contributed by atoms with van der Waals surface area (Å²) in [5.74, 6) is 1.19. The van der Waals surface area contributed by atoms with Crippen molar-refractivity contribution in [3.63, 3.8) is 0 Å². The molecule has 0 bridgehead atoms. The molecule has 1 N–H and O–H groups in total. The van der Waals surface area contributed by atoms with Gasteiger partial charge < -0.3 is 10.1 Å². The number of likely N-dealkylation sites (tertiary alicyclic amines) is 1. The number of nitrogens with zero attached hydrogens (tertiary/aromatic N) is 3. The molecule has 2 aliphatic heterocycles. The third kappa shape index (κ3) is 3.15. The highest BCUT2D eigenvalue weighted by molar-refractivity contribution is 6.00. The maximum Gasteiger partial charge on any atom is 0.239 e. The van der Waals surface area contributed by atoms with Crippen molar-refractivity contribution < 1.29 is 14.3 Å². The van der Waals surface area contributed by atoms with Crippen molar-refractivity contribution in [2.24, 2.45) is 7.05 Å². The summed E-state index contributed by atoms with van der Waals surface area (Å²) in [5.41, 5.74) is 0.135. The smallest absolute Gasteiger partial charge is 0.239 e. The number of aryl methyl sites for hydroxylation is 1. The van der Waals surface area contributed by atoms with E-state index < -0.39 is 5.60 Å². The molecule has 25 heavy (non-hydrogen) atoms. The van der Waals surface area contributed by atoms with Crippen LogP contribution in [-0.4, -0.2) is 51.6 Å². The Bertz CT molecular complexity index is 831. The van der Waals surface area contributed by atoms with Gasteiger partial charge in [0.25, 0.3) is 0 Å². The summed E-state index contributed by atoms with van der Waals surface area (Å²) in [6.45, 7) is 1.56. The second-order valence-electron chi connectivity index (χ2n) is 6.76. The number of para-hydroxylation sites is 1. The highest BCUT2D eigenvalue weighted by atomic mass is 16.5. The first-order valence-corrected chi connectivity index (χ1v) is 8.36. The van der Waals surface area contributed by atoms with Crippen molar-refractivity contribution in [3.05, 3.63) is 42.1 Å². The predicted molar refractivity (Wildman–Crippen MR) is 91.6 cm³/mol. The molecule has 1 aromatic carbocycles. The van der Waals surface area contributed by atoms with E-state index in [1.165, 1.54) is 0 Å². The van der Waals surface area contributed by atoms with E-state index in [0.717, 1.165) is 13.0 Å². The standard InChI is InChI=1S/C18H20N4O3/c1-21-8-6-16(20-21)19-17(24)11-22-9-7-18(12-22)10-14(23)13-4-2-3-5-15(13)25-18/h2-6,8H,7,9-12H2,1H3,(H,19,20,24)/t18-/m1/s1. The highest BCUT2D eigenvalue weighted by Crippen LogP contribution is 2.38. The van der Waals surface area contributed by atoms with Crippen molar-refractivity contribution in [1.82, 2.24) is 14.7 Å². The van der Waals surface area contributed by atoms with E-state index in [4.69, 9.17) is 4.74 Å². The number of anilines is 1. The predicted octanol–water partition coefficient (Wildman–Crippen LogP) is 1.47. The SMILES string of the molecule is Cn1ccc(NC(=O)CN2CC[C@@]3(CC(=O)c4ccccc4O3)C2)n1. The Labute approximate surface area is 145 Å². The van der Waals surface area contributed by atoms with Gasteiger partial charge in [0, 0.05) is 38.8 Å². The van der Waals surface area contributed by atoms with Gasteiger partial charge in [-0.15, -0.1) is 0 Å². The average Bonchev–Trinajstić information content (AvgIpc) is 3.14. The zero-order chi connectivity index (χ0) is 17.4. The number of fused-ring (bicyclic) bond motifs is 1. The lowest BCUT2D eigenvalue weighted by atomic mass is 9.89. The Morgan fingerprint density at radius 1 is 1.36 bits per heavy atom. The van der Waals surface area contributed by atoms with Crippen LogP contribution in [0.3, 0.4) is 0 Å². The van der Waals surface area contributed by atoms with Crippen LogP contribution in [0.2, 0.25) is 0 Å². The minimum atomic E-state index is -0.517. The quantitative estimate of drug-likeness (QED) is 0.916. The molecule has 1 amide bonds. The van der Waals surface area contributed by atoms with E-state index in [0.29, 0.717) is 30.1 Å². The molecular formula is C18H20N4O3. The van der Waals surface area contributed by atoms with Crippen LogP contribution >= 0.6 is 0 Å². The molecule has 2 aromatic rings. The number of ketones is 1. The summed E-state index contributed by atoms with van der Waals surface area (Å²) in [4.78, 5) is 26.7. The van der Waals surface area contributed by atoms with Gasteiger partial charge in [0.1, 0.15) is 11.4 Å². The second kappa shape index (κ2) is 6.00. The number of carbonyl (C=O) groups excluding carboxylic acids is 2. The molecule has 7 heteroatoms. The molecule has 0 radical (unpaired) electrons. The number of rotatable bonds is 3. The summed E-state index contributed by atoms with van der Waals surface area (Å²) in [7, 11) is 1.80. The monoisotopic (exact) mass is 340 g/mol. The van der Waals surface area contributed by atoms with Crippen LogP contribution in [0.4, 0.5) is 5.82 Å². The number of carbonyl (C=O) groups is 2. The largest absolute Gasteiger partial charge is 0.485 e. The molecule has 1 fully saturated rings. The summed E-state index contributed by atoms with van der Waals surface area (Å²) < 4.78 is 7.81. The first-order valence-electron chi connectivity index (χ1n) is 8.36. The van der Waals surface area contributed by atoms with Crippen LogP contribution < -0.4 is 10.1 Å². The zero-order valence-electron chi connectivity index (χ0n) is 14.1. The van der Waals surface area contributed by atoms with Crippen LogP contribution in [0.25, 0.3) is 0 Å². The fraction of sp³-hybridized carbons (Fsp3) is 0.389. The number of hydrogen-bond donors (Lipinski definition) is 1. The van der Waals surface area contributed by atoms with Crippen molar-refractivity contribution in [2.75, 3.05) is 25.0 Å². The molecule has 130 valence electrons. The summed E-state index contributed by atoms with van der Waals surface area (Å²) in [6, 6.07) is 9.12. The van der Waals surface area contributed by atoms with E-state index in [1.807, 2.05) is 23.1 Å². The lowest BCUT2D eigenvalue weighted by Gasteiger charge is -2.34. The summed E-state index contributed by atoms with van der Waals surface area (Å²) >= 11 is 0. The molecular weight excluding hydrogens is 320 g/mol. The van der Waals surface area contributed by atoms with Gasteiger partial charge in [0.2, 0.25) is 5.91 Å². The fourth-order valence-electron chi connectivity index (χ4n) is 3.60. The third-order valence-electron chi connectivity index (χ3n) is 4.74. The molecule has 4 rings (SSSR count). The van der Waals surface area contributed by atoms with E-state index in [9.17, 15) is 9.59 Å². The van der Waals surface area contributed by atoms with Crippen LogP contribution in [0, 0.1) is 0 Å². The molecule has 1 saturated heterocycles. The van der Waals surface area contributed by atoms with E-state index in [1.54, 1.807) is 30.1 Å². The van der Waals surface area contributed by atoms with Crippen molar-refractivity contribution in [3.8, 4) is 5.75 Å². The van der Waals surface area contributed by atoms with Gasteiger partial charge in [-0.1, -0.05) is 12.1 Å². The molecule has 1 atom stereocenters. The van der Waals surface area contributed by atoms with Gasteiger partial charge in [-0.25, -0.2) is 0 Å². The number of nitrogens with one attached hydrogen (secondary N) is 1. The van der Waals surface area contributed by atoms with Gasteiger partial charge in [-0.2, -0.15) is 5.10 Å². The molecule has 1 spiro atoms. The van der Waals surface area contributed by atoms with Gasteiger partial charge in [-0.3, -0.25) is 19.2 Å². The normalized spacial score (nSPS) is 22.7. The number of ether oxygens (including phenoxy) is 1. The summed E-state index contributed by atoms with van der Waals surface area (Å²) in [6.07, 6.45) is 2.88. The van der Waals surface area contributed by atoms with Gasteiger partial charge in [0.15, 0.2) is 11.6 Å². The topological polar surface area (TPSA) is 76.5 Å². The van der Waals surface area contributed by atoms with Crippen molar-refractivity contribution in [1.29, 1.82) is 0 Å². The highest BCUT2D eigenvalue weighted by Gasteiger charge is 2.45. The Morgan fingerprint density at radius 2 is 2.20 bits per heavy atom. The maximum absolute atomic E-state index is 12.4. The minimum absolute atomic E-state index is 0.113. The number of hydrogen-bond acceptors (Lipinski definition) is 5. The first kappa shape index (κ1) is 15.8. The van der Waals surface area contributed by atoms with Crippen molar-refractivity contribution >= 4 is 17.5 Å². The fourth-order valence-corrected chi connectivity index (χ4v) is 3.60. The van der Waals surface area contributed by atoms with E-state index in [-0.39, 0.29) is 18.2 Å². The Morgan fingerprint density at radius 3 is 3.00 bits per heavy atom. The number of aromatic nitrogens is 2. The van der Waals surface area contributed by atoms with E-state index >= 15 is 0 Å². The number of Topliss-reactive ketones (excluding diaryl/α,β-unsaturated/α-hetero) is 1. The first-order chi connectivity index (χ1) is 12.0. The lowest BCUT2D eigenvalue weighted by molar-refractivity contribution is -0.117. The second-order valence-corrected chi connectivity index (χ2v) is 6.76. The van der Waals surface area contributed by atoms with Crippen LogP contribution in [0.5, 0.6) is 5.75 Å². The number of amides is 1. The van der Waals surface area contributed by atoms with Gasteiger partial charge >= 0.3 is 0 Å². The van der Waals surface area contributed by atoms with E-state index in [2.05, 4.69) is 10.4 Å². The van der Waals surface area contributed by atoms with Crippen LogP contribution in [0.15, 0.2) is 36.5 Å². The molecule has 1 aromatic heterocycles. The van der Waals surface area contributed by atoms with Gasteiger partial charge in [0.05, 0.1) is 18.5 Å². The molecule has 0 aliphatic carbocycles. The Kier molecular flexibility index (Phi) is 3.80. The molecule has 0 unspecified atom stereocenters. The molecule has 7 nitrogen and oxygen atoms in total. The minimum Gasteiger partial charge on any atom is -0.485 e. The number of benzene rings is 1. The Hall–Kier alpha value is -2.67. The maximum atomic E-state index is 12.4. The van der Waals surface area contributed by atoms with Crippen molar-refractivity contribution in [2.45, 2.75) is 18.4 Å². The Balaban J connectivity index is 1.40. The summed E-state index contributed by atoms with van der Waals surface area (Å²) in [5, 5.41) is 6.93.